The van der Waals surface area contributed by atoms with Gasteiger partial charge in [-0.3, -0.25) is 4.98 Å². The maximum absolute atomic E-state index is 9.04. The first-order valence-corrected chi connectivity index (χ1v) is 4.49. The fraction of sp³-hybridized carbons (Fsp3) is 0.500. The van der Waals surface area contributed by atoms with Gasteiger partial charge < -0.3 is 10.2 Å². The summed E-state index contributed by atoms with van der Waals surface area (Å²) in [6.45, 7) is 2.15. The molecule has 0 unspecified atom stereocenters. The van der Waals surface area contributed by atoms with Gasteiger partial charge in [-0.05, 0) is 29.5 Å². The Morgan fingerprint density at radius 3 is 2.46 bits per heavy atom. The first-order valence-electron chi connectivity index (χ1n) is 4.49. The molecule has 0 aromatic carbocycles. The lowest BCUT2D eigenvalue weighted by Gasteiger charge is -2.09. The predicted molar refractivity (Wildman–Crippen MR) is 50.3 cm³/mol. The Balaban J connectivity index is 3.05. The molecule has 0 atom stereocenters. The summed E-state index contributed by atoms with van der Waals surface area (Å²) in [6.07, 6.45) is 4.94. The zero-order valence-corrected chi connectivity index (χ0v) is 7.82. The van der Waals surface area contributed by atoms with Gasteiger partial charge in [0.15, 0.2) is 0 Å². The van der Waals surface area contributed by atoms with E-state index in [1.54, 1.807) is 12.4 Å². The van der Waals surface area contributed by atoms with Crippen molar-refractivity contribution in [1.29, 1.82) is 0 Å². The topological polar surface area (TPSA) is 53.4 Å². The maximum atomic E-state index is 9.04. The van der Waals surface area contributed by atoms with Crippen LogP contribution in [-0.4, -0.2) is 21.8 Å². The Morgan fingerprint density at radius 2 is 1.92 bits per heavy atom. The second-order valence-electron chi connectivity index (χ2n) is 2.92. The number of hydrogen-bond acceptors (Lipinski definition) is 3. The van der Waals surface area contributed by atoms with Crippen LogP contribution in [0.2, 0.25) is 0 Å². The number of aliphatic hydroxyl groups excluding tert-OH is 2. The average molecular weight is 181 g/mol. The van der Waals surface area contributed by atoms with Crippen molar-refractivity contribution in [3.63, 3.8) is 0 Å². The van der Waals surface area contributed by atoms with E-state index in [1.165, 1.54) is 0 Å². The van der Waals surface area contributed by atoms with Crippen LogP contribution in [0, 0.1) is 0 Å². The summed E-state index contributed by atoms with van der Waals surface area (Å²) in [5, 5.41) is 17.9. The molecule has 2 N–H and O–H groups in total. The van der Waals surface area contributed by atoms with E-state index in [2.05, 4.69) is 4.98 Å². The molecular weight excluding hydrogens is 166 g/mol. The molecule has 0 aliphatic carbocycles. The lowest BCUT2D eigenvalue weighted by atomic mass is 10.0. The van der Waals surface area contributed by atoms with Crippen molar-refractivity contribution in [3.05, 3.63) is 29.1 Å². The minimum absolute atomic E-state index is 0.00380. The molecule has 0 spiro atoms. The van der Waals surface area contributed by atoms with Crippen LogP contribution in [0.1, 0.15) is 23.6 Å². The second kappa shape index (κ2) is 4.94. The van der Waals surface area contributed by atoms with Crippen molar-refractivity contribution in [2.24, 2.45) is 0 Å². The Labute approximate surface area is 78.1 Å². The molecule has 0 saturated heterocycles. The number of pyridine rings is 1. The Morgan fingerprint density at radius 1 is 1.23 bits per heavy atom. The number of nitrogens with zero attached hydrogens (tertiary/aromatic N) is 1. The number of hydrogen-bond donors (Lipinski definition) is 2. The summed E-state index contributed by atoms with van der Waals surface area (Å²) in [5.41, 5.74) is 2.98. The van der Waals surface area contributed by atoms with Gasteiger partial charge in [0.05, 0.1) is 6.61 Å². The highest BCUT2D eigenvalue weighted by atomic mass is 16.3. The third-order valence-corrected chi connectivity index (χ3v) is 2.15. The zero-order chi connectivity index (χ0) is 9.68. The summed E-state index contributed by atoms with van der Waals surface area (Å²) in [4.78, 5) is 4.03. The van der Waals surface area contributed by atoms with E-state index in [0.717, 1.165) is 23.1 Å². The van der Waals surface area contributed by atoms with E-state index in [1.807, 2.05) is 6.92 Å². The van der Waals surface area contributed by atoms with Crippen molar-refractivity contribution >= 4 is 0 Å². The zero-order valence-electron chi connectivity index (χ0n) is 7.82. The molecule has 0 aliphatic rings. The first-order chi connectivity index (χ1) is 6.33. The lowest BCUT2D eigenvalue weighted by Crippen LogP contribution is -2.03. The minimum atomic E-state index is -0.00380. The quantitative estimate of drug-likeness (QED) is 0.718. The van der Waals surface area contributed by atoms with Gasteiger partial charge in [0.2, 0.25) is 0 Å². The van der Waals surface area contributed by atoms with E-state index in [4.69, 9.17) is 10.2 Å². The Hall–Kier alpha value is -0.930. The van der Waals surface area contributed by atoms with Gasteiger partial charge in [-0.1, -0.05) is 6.92 Å². The largest absolute Gasteiger partial charge is 0.396 e. The summed E-state index contributed by atoms with van der Waals surface area (Å²) >= 11 is 0. The minimum Gasteiger partial charge on any atom is -0.396 e. The van der Waals surface area contributed by atoms with E-state index < -0.39 is 0 Å². The molecule has 72 valence electrons. The highest BCUT2D eigenvalue weighted by Crippen LogP contribution is 2.14. The number of aromatic nitrogens is 1. The third kappa shape index (κ3) is 2.26. The highest BCUT2D eigenvalue weighted by Gasteiger charge is 2.06. The fourth-order valence-electron chi connectivity index (χ4n) is 1.45. The standard InChI is InChI=1S/C10H15NO2/c1-2-8-5-11-6-9(7-13)10(8)3-4-12/h5-6,12-13H,2-4,7H2,1H3. The fourth-order valence-corrected chi connectivity index (χ4v) is 1.45. The summed E-state index contributed by atoms with van der Waals surface area (Å²) in [7, 11) is 0. The van der Waals surface area contributed by atoms with Crippen molar-refractivity contribution < 1.29 is 10.2 Å². The van der Waals surface area contributed by atoms with Gasteiger partial charge in [-0.15, -0.1) is 0 Å². The molecule has 0 amide bonds. The van der Waals surface area contributed by atoms with Gasteiger partial charge in [-0.2, -0.15) is 0 Å². The molecule has 1 heterocycles. The molecule has 0 radical (unpaired) electrons. The first kappa shape index (κ1) is 10.2. The molecule has 13 heavy (non-hydrogen) atoms. The summed E-state index contributed by atoms with van der Waals surface area (Å²) in [6, 6.07) is 0. The van der Waals surface area contributed by atoms with Crippen LogP contribution in [0.15, 0.2) is 12.4 Å². The van der Waals surface area contributed by atoms with Crippen LogP contribution < -0.4 is 0 Å². The second-order valence-corrected chi connectivity index (χ2v) is 2.92. The average Bonchev–Trinajstić information content (AvgIpc) is 2.18. The van der Waals surface area contributed by atoms with Crippen molar-refractivity contribution in [1.82, 2.24) is 4.98 Å². The molecule has 3 nitrogen and oxygen atoms in total. The van der Waals surface area contributed by atoms with Crippen molar-refractivity contribution in [3.8, 4) is 0 Å². The molecule has 1 aromatic heterocycles. The van der Waals surface area contributed by atoms with Gasteiger partial charge in [0.25, 0.3) is 0 Å². The van der Waals surface area contributed by atoms with Crippen LogP contribution in [-0.2, 0) is 19.4 Å². The Kier molecular flexibility index (Phi) is 3.86. The third-order valence-electron chi connectivity index (χ3n) is 2.15. The van der Waals surface area contributed by atoms with Crippen LogP contribution in [0.3, 0.4) is 0 Å². The monoisotopic (exact) mass is 181 g/mol. The van der Waals surface area contributed by atoms with Crippen LogP contribution in [0.4, 0.5) is 0 Å². The molecule has 3 heteroatoms. The SMILES string of the molecule is CCc1cncc(CO)c1CCO. The molecule has 0 fully saturated rings. The maximum Gasteiger partial charge on any atom is 0.0699 e. The predicted octanol–water partition coefficient (Wildman–Crippen LogP) is 0.671. The lowest BCUT2D eigenvalue weighted by molar-refractivity contribution is 0.275. The number of rotatable bonds is 4. The molecular formula is C10H15NO2. The number of aliphatic hydroxyl groups is 2. The van der Waals surface area contributed by atoms with Crippen LogP contribution in [0.5, 0.6) is 0 Å². The molecule has 1 rings (SSSR count). The van der Waals surface area contributed by atoms with Crippen molar-refractivity contribution in [2.45, 2.75) is 26.4 Å². The van der Waals surface area contributed by atoms with E-state index in [-0.39, 0.29) is 13.2 Å². The van der Waals surface area contributed by atoms with E-state index in [0.29, 0.717) is 6.42 Å². The normalized spacial score (nSPS) is 10.4. The molecule has 0 saturated carbocycles. The van der Waals surface area contributed by atoms with Gasteiger partial charge >= 0.3 is 0 Å². The molecule has 1 aromatic rings. The Bertz CT molecular complexity index is 251. The van der Waals surface area contributed by atoms with Gasteiger partial charge in [0, 0.05) is 19.0 Å². The molecule has 0 bridgehead atoms. The van der Waals surface area contributed by atoms with Gasteiger partial charge in [0.1, 0.15) is 0 Å². The van der Waals surface area contributed by atoms with Crippen LogP contribution >= 0.6 is 0 Å². The van der Waals surface area contributed by atoms with E-state index in [9.17, 15) is 0 Å². The smallest absolute Gasteiger partial charge is 0.0699 e. The molecule has 0 aliphatic heterocycles. The summed E-state index contributed by atoms with van der Waals surface area (Å²) in [5.74, 6) is 0. The highest BCUT2D eigenvalue weighted by molar-refractivity contribution is 5.31. The van der Waals surface area contributed by atoms with Crippen molar-refractivity contribution in [2.75, 3.05) is 6.61 Å². The van der Waals surface area contributed by atoms with Gasteiger partial charge in [-0.25, -0.2) is 0 Å². The van der Waals surface area contributed by atoms with Crippen LogP contribution in [0.25, 0.3) is 0 Å². The van der Waals surface area contributed by atoms with E-state index >= 15 is 0 Å². The number of aryl methyl sites for hydroxylation is 1. The summed E-state index contributed by atoms with van der Waals surface area (Å²) < 4.78 is 0.